The number of fused-ring (bicyclic) bond motifs is 3. The number of nitrogens with zero attached hydrogens (tertiary/aromatic N) is 3. The van der Waals surface area contributed by atoms with Gasteiger partial charge in [-0.15, -0.1) is 0 Å². The van der Waals surface area contributed by atoms with E-state index >= 15 is 0 Å². The van der Waals surface area contributed by atoms with Crippen molar-refractivity contribution in [2.24, 2.45) is 0 Å². The van der Waals surface area contributed by atoms with Crippen molar-refractivity contribution in [2.45, 2.75) is 25.4 Å². The van der Waals surface area contributed by atoms with Crippen LogP contribution in [-0.4, -0.2) is 40.5 Å². The topological polar surface area (TPSA) is 55.3 Å². The molecule has 1 fully saturated rings. The summed E-state index contributed by atoms with van der Waals surface area (Å²) in [5, 5.41) is 0.889. The van der Waals surface area contributed by atoms with Crippen LogP contribution in [-0.2, 0) is 16.8 Å². The Kier molecular flexibility index (Phi) is 4.73. The molecule has 1 spiro atoms. The quantitative estimate of drug-likeness (QED) is 0.449. The van der Waals surface area contributed by atoms with Crippen molar-refractivity contribution in [3.63, 3.8) is 0 Å². The van der Waals surface area contributed by atoms with E-state index in [4.69, 9.17) is 9.72 Å². The highest BCUT2D eigenvalue weighted by Gasteiger charge is 2.44. The van der Waals surface area contributed by atoms with Gasteiger partial charge in [-0.05, 0) is 61.2 Å². The third-order valence-electron chi connectivity index (χ3n) is 6.93. The van der Waals surface area contributed by atoms with Crippen LogP contribution in [0, 0.1) is 6.92 Å². The molecule has 1 aliphatic carbocycles. The van der Waals surface area contributed by atoms with Crippen molar-refractivity contribution >= 4 is 16.8 Å². The minimum Gasteiger partial charge on any atom is -0.367 e. The predicted octanol–water partition coefficient (Wildman–Crippen LogP) is 4.92. The molecule has 164 valence electrons. The molecule has 0 saturated carbocycles. The lowest BCUT2D eigenvalue weighted by Crippen LogP contribution is -2.51. The number of ether oxygens (including phenoxy) is 1. The first-order valence-corrected chi connectivity index (χ1v) is 11.5. The highest BCUT2D eigenvalue weighted by Crippen LogP contribution is 2.42. The van der Waals surface area contributed by atoms with Crippen LogP contribution in [0.15, 0.2) is 73.1 Å². The van der Waals surface area contributed by atoms with E-state index in [9.17, 15) is 4.79 Å². The Labute approximate surface area is 193 Å². The van der Waals surface area contributed by atoms with Gasteiger partial charge in [0.25, 0.3) is 5.91 Å². The maximum Gasteiger partial charge on any atom is 0.254 e. The van der Waals surface area contributed by atoms with Crippen molar-refractivity contribution in [1.82, 2.24) is 14.9 Å². The van der Waals surface area contributed by atoms with Gasteiger partial charge < -0.3 is 9.64 Å². The van der Waals surface area contributed by atoms with Crippen LogP contribution in [0.1, 0.15) is 33.5 Å². The number of aryl methyl sites for hydroxylation is 2. The van der Waals surface area contributed by atoms with Crippen molar-refractivity contribution < 1.29 is 9.53 Å². The molecule has 1 aliphatic heterocycles. The summed E-state index contributed by atoms with van der Waals surface area (Å²) < 4.78 is 6.35. The Hall–Kier alpha value is -3.57. The van der Waals surface area contributed by atoms with Gasteiger partial charge in [-0.3, -0.25) is 9.78 Å². The molecule has 5 nitrogen and oxygen atoms in total. The van der Waals surface area contributed by atoms with Crippen LogP contribution >= 0.6 is 0 Å². The number of carbonyl (C=O) groups is 1. The van der Waals surface area contributed by atoms with Crippen LogP contribution in [0.5, 0.6) is 0 Å². The summed E-state index contributed by atoms with van der Waals surface area (Å²) in [7, 11) is 0. The van der Waals surface area contributed by atoms with Crippen LogP contribution < -0.4 is 0 Å². The van der Waals surface area contributed by atoms with E-state index < -0.39 is 5.60 Å². The zero-order valence-corrected chi connectivity index (χ0v) is 18.6. The number of morpholine rings is 1. The van der Waals surface area contributed by atoms with Crippen LogP contribution in [0.25, 0.3) is 22.2 Å². The van der Waals surface area contributed by atoms with Crippen molar-refractivity contribution in [2.75, 3.05) is 19.7 Å². The third-order valence-corrected chi connectivity index (χ3v) is 6.93. The minimum absolute atomic E-state index is 0.0326. The van der Waals surface area contributed by atoms with Gasteiger partial charge in [-0.1, -0.05) is 35.9 Å². The molecule has 1 amide bonds. The zero-order chi connectivity index (χ0) is 22.4. The van der Waals surface area contributed by atoms with E-state index in [1.54, 1.807) is 12.4 Å². The van der Waals surface area contributed by atoms with E-state index in [-0.39, 0.29) is 5.91 Å². The average Bonchev–Trinajstić information content (AvgIpc) is 3.21. The monoisotopic (exact) mass is 435 g/mol. The highest BCUT2D eigenvalue weighted by molar-refractivity contribution is 6.07. The first-order valence-electron chi connectivity index (χ1n) is 11.5. The summed E-state index contributed by atoms with van der Waals surface area (Å²) in [4.78, 5) is 25.0. The van der Waals surface area contributed by atoms with E-state index in [2.05, 4.69) is 35.3 Å². The third kappa shape index (κ3) is 3.40. The molecule has 6 rings (SSSR count). The SMILES string of the molecule is Cc1ccc2nc(-c3cccnc3)cc(C(=O)N3CCOC4(CCc5ccccc54)C3)c2c1. The second-order valence-electron chi connectivity index (χ2n) is 9.04. The van der Waals surface area contributed by atoms with Crippen LogP contribution in [0.3, 0.4) is 0 Å². The summed E-state index contributed by atoms with van der Waals surface area (Å²) in [6.45, 7) is 3.74. The largest absolute Gasteiger partial charge is 0.367 e. The number of benzene rings is 2. The summed E-state index contributed by atoms with van der Waals surface area (Å²) >= 11 is 0. The Bertz CT molecular complexity index is 1360. The van der Waals surface area contributed by atoms with E-state index in [0.29, 0.717) is 25.3 Å². The molecule has 2 aliphatic rings. The molecular weight excluding hydrogens is 410 g/mol. The van der Waals surface area contributed by atoms with Crippen molar-refractivity contribution in [3.8, 4) is 11.3 Å². The van der Waals surface area contributed by atoms with Crippen molar-refractivity contribution in [3.05, 3.63) is 95.3 Å². The molecule has 0 bridgehead atoms. The summed E-state index contributed by atoms with van der Waals surface area (Å²) in [5.74, 6) is 0.0326. The maximum absolute atomic E-state index is 14.0. The van der Waals surface area contributed by atoms with Gasteiger partial charge in [-0.2, -0.15) is 0 Å². The molecule has 2 aromatic heterocycles. The Balaban J connectivity index is 1.43. The van der Waals surface area contributed by atoms with Crippen molar-refractivity contribution in [1.29, 1.82) is 0 Å². The lowest BCUT2D eigenvalue weighted by atomic mass is 9.93. The minimum atomic E-state index is -0.407. The Morgan fingerprint density at radius 3 is 2.88 bits per heavy atom. The normalized spacial score (nSPS) is 19.7. The van der Waals surface area contributed by atoms with Gasteiger partial charge >= 0.3 is 0 Å². The van der Waals surface area contributed by atoms with E-state index in [1.165, 1.54) is 11.1 Å². The van der Waals surface area contributed by atoms with E-state index in [0.717, 1.165) is 40.6 Å². The fourth-order valence-corrected chi connectivity index (χ4v) is 5.27. The van der Waals surface area contributed by atoms with Crippen LogP contribution in [0.2, 0.25) is 0 Å². The number of carbonyl (C=O) groups excluding carboxylic acids is 1. The Morgan fingerprint density at radius 2 is 2.00 bits per heavy atom. The molecule has 1 saturated heterocycles. The second kappa shape index (κ2) is 7.78. The fraction of sp³-hybridized carbons (Fsp3) is 0.250. The molecule has 4 aromatic rings. The average molecular weight is 436 g/mol. The molecule has 0 radical (unpaired) electrons. The molecule has 2 aromatic carbocycles. The lowest BCUT2D eigenvalue weighted by Gasteiger charge is -2.41. The number of aromatic nitrogens is 2. The molecule has 5 heteroatoms. The standard InChI is InChI=1S/C28H25N3O2/c1-19-8-9-25-22(15-19)23(16-26(30-25)21-6-4-12-29-17-21)27(32)31-13-14-33-28(18-31)11-10-20-5-2-3-7-24(20)28/h2-9,12,15-17H,10-11,13-14,18H2,1H3. The molecule has 0 N–H and O–H groups in total. The van der Waals surface area contributed by atoms with Gasteiger partial charge in [-0.25, -0.2) is 4.98 Å². The zero-order valence-electron chi connectivity index (χ0n) is 18.6. The van der Waals surface area contributed by atoms with Gasteiger partial charge in [0.05, 0.1) is 29.9 Å². The smallest absolute Gasteiger partial charge is 0.254 e. The lowest BCUT2D eigenvalue weighted by molar-refractivity contribution is -0.103. The molecule has 1 unspecified atom stereocenters. The number of amides is 1. The van der Waals surface area contributed by atoms with Gasteiger partial charge in [0.1, 0.15) is 5.60 Å². The molecule has 3 heterocycles. The van der Waals surface area contributed by atoms with E-state index in [1.807, 2.05) is 42.2 Å². The molecular formula is C28H25N3O2. The summed E-state index contributed by atoms with van der Waals surface area (Å²) in [5.41, 5.74) is 6.43. The van der Waals surface area contributed by atoms with Gasteiger partial charge in [0, 0.05) is 29.9 Å². The molecule has 1 atom stereocenters. The van der Waals surface area contributed by atoms with Crippen LogP contribution in [0.4, 0.5) is 0 Å². The first-order chi connectivity index (χ1) is 16.1. The number of rotatable bonds is 2. The maximum atomic E-state index is 14.0. The Morgan fingerprint density at radius 1 is 1.09 bits per heavy atom. The highest BCUT2D eigenvalue weighted by atomic mass is 16.5. The number of hydrogen-bond donors (Lipinski definition) is 0. The van der Waals surface area contributed by atoms with Gasteiger partial charge in [0.2, 0.25) is 0 Å². The predicted molar refractivity (Wildman–Crippen MR) is 128 cm³/mol. The fourth-order valence-electron chi connectivity index (χ4n) is 5.27. The summed E-state index contributed by atoms with van der Waals surface area (Å²) in [6.07, 6.45) is 5.43. The number of pyridine rings is 2. The van der Waals surface area contributed by atoms with Gasteiger partial charge in [0.15, 0.2) is 0 Å². The first kappa shape index (κ1) is 20.1. The second-order valence-corrected chi connectivity index (χ2v) is 9.04. The summed E-state index contributed by atoms with van der Waals surface area (Å²) in [6, 6.07) is 20.4. The number of hydrogen-bond acceptors (Lipinski definition) is 4. The molecule has 33 heavy (non-hydrogen) atoms.